The lowest BCUT2D eigenvalue weighted by molar-refractivity contribution is -0.131. The number of hydrogen-bond acceptors (Lipinski definition) is 8. The summed E-state index contributed by atoms with van der Waals surface area (Å²) >= 11 is 6.42. The molecular weight excluding hydrogens is 593 g/mol. The minimum atomic E-state index is -0.911. The minimum absolute atomic E-state index is 0.0347. The highest BCUT2D eigenvalue weighted by Crippen LogP contribution is 2.35. The van der Waals surface area contributed by atoms with E-state index < -0.39 is 17.8 Å². The maximum atomic E-state index is 15.6. The third kappa shape index (κ3) is 6.19. The van der Waals surface area contributed by atoms with Gasteiger partial charge in [0.2, 0.25) is 5.88 Å². The van der Waals surface area contributed by atoms with E-state index in [4.69, 9.17) is 21.3 Å². The van der Waals surface area contributed by atoms with E-state index in [1.165, 1.54) is 11.0 Å². The third-order valence-corrected chi connectivity index (χ3v) is 9.46. The molecule has 0 unspecified atom stereocenters. The number of carbonyl (C=O) groups is 1. The molecule has 9 nitrogen and oxygen atoms in total. The fourth-order valence-corrected chi connectivity index (χ4v) is 7.03. The molecule has 232 valence electrons. The average Bonchev–Trinajstić information content (AvgIpc) is 3.47. The Morgan fingerprint density at radius 3 is 2.76 bits per heavy atom. The Bertz CT molecular complexity index is 1730. The number of rotatable bonds is 7. The van der Waals surface area contributed by atoms with Crippen molar-refractivity contribution in [2.45, 2.75) is 44.3 Å². The van der Waals surface area contributed by atoms with Gasteiger partial charge in [-0.25, -0.2) is 4.39 Å². The quantitative estimate of drug-likeness (QED) is 0.372. The van der Waals surface area contributed by atoms with Gasteiger partial charge in [-0.2, -0.15) is 15.5 Å². The van der Waals surface area contributed by atoms with E-state index in [2.05, 4.69) is 34.3 Å². The van der Waals surface area contributed by atoms with Gasteiger partial charge in [-0.15, -0.1) is 0 Å². The Hall–Kier alpha value is -4.22. The number of hydrogen-bond donors (Lipinski definition) is 1. The minimum Gasteiger partial charge on any atom is -0.475 e. The molecule has 0 saturated carbocycles. The van der Waals surface area contributed by atoms with E-state index in [1.807, 2.05) is 18.2 Å². The number of piperazine rings is 1. The third-order valence-electron chi connectivity index (χ3n) is 9.15. The van der Waals surface area contributed by atoms with Crippen LogP contribution >= 0.6 is 11.6 Å². The van der Waals surface area contributed by atoms with Gasteiger partial charge in [0.1, 0.15) is 24.1 Å². The number of ether oxygens (including phenoxy) is 1. The van der Waals surface area contributed by atoms with Crippen molar-refractivity contribution in [3.63, 3.8) is 0 Å². The first-order valence-electron chi connectivity index (χ1n) is 15.4. The van der Waals surface area contributed by atoms with Gasteiger partial charge in [0, 0.05) is 48.2 Å². The zero-order valence-electron chi connectivity index (χ0n) is 25.2. The van der Waals surface area contributed by atoms with Crippen LogP contribution in [0.25, 0.3) is 16.8 Å². The largest absolute Gasteiger partial charge is 0.475 e. The molecule has 4 heterocycles. The second-order valence-electron chi connectivity index (χ2n) is 11.8. The summed E-state index contributed by atoms with van der Waals surface area (Å²) < 4.78 is 21.8. The van der Waals surface area contributed by atoms with Gasteiger partial charge < -0.3 is 24.8 Å². The number of nitrogens with zero attached hydrogens (tertiary/aromatic N) is 6. The van der Waals surface area contributed by atoms with Crippen LogP contribution in [0.1, 0.15) is 41.5 Å². The Labute approximate surface area is 267 Å². The first-order chi connectivity index (χ1) is 21.9. The van der Waals surface area contributed by atoms with Crippen molar-refractivity contribution in [3.05, 3.63) is 69.5 Å². The molecule has 1 aromatic heterocycles. The van der Waals surface area contributed by atoms with Crippen LogP contribution in [-0.4, -0.2) is 79.2 Å². The second-order valence-corrected chi connectivity index (χ2v) is 12.2. The first kappa shape index (κ1) is 30.8. The highest BCUT2D eigenvalue weighted by molar-refractivity contribution is 6.36. The molecule has 2 saturated heterocycles. The fourth-order valence-electron chi connectivity index (χ4n) is 6.74. The summed E-state index contributed by atoms with van der Waals surface area (Å²) in [6.07, 6.45) is 4.08. The lowest BCUT2D eigenvalue weighted by atomic mass is 9.96. The van der Waals surface area contributed by atoms with Crippen LogP contribution in [0.2, 0.25) is 5.02 Å². The fraction of sp³-hybridized carbons (Fsp3) is 0.412. The van der Waals surface area contributed by atoms with Crippen molar-refractivity contribution >= 4 is 40.2 Å². The molecule has 1 amide bonds. The number of amides is 1. The summed E-state index contributed by atoms with van der Waals surface area (Å²) in [4.78, 5) is 24.2. The predicted octanol–water partition coefficient (Wildman–Crippen LogP) is 4.82. The summed E-state index contributed by atoms with van der Waals surface area (Å²) in [6, 6.07) is 15.1. The van der Waals surface area contributed by atoms with Crippen molar-refractivity contribution in [2.75, 3.05) is 51.3 Å². The number of aromatic nitrogens is 1. The molecule has 2 atom stereocenters. The van der Waals surface area contributed by atoms with E-state index in [9.17, 15) is 15.3 Å². The van der Waals surface area contributed by atoms with Gasteiger partial charge >= 0.3 is 0 Å². The van der Waals surface area contributed by atoms with Crippen molar-refractivity contribution in [2.24, 2.45) is 0 Å². The predicted molar refractivity (Wildman–Crippen MR) is 171 cm³/mol. The van der Waals surface area contributed by atoms with Gasteiger partial charge in [0.05, 0.1) is 18.5 Å². The average molecular weight is 628 g/mol. The van der Waals surface area contributed by atoms with E-state index >= 15 is 4.39 Å². The number of nitriles is 2. The lowest BCUT2D eigenvalue weighted by Crippen LogP contribution is -2.55. The highest BCUT2D eigenvalue weighted by Gasteiger charge is 2.35. The summed E-state index contributed by atoms with van der Waals surface area (Å²) in [5.41, 5.74) is 2.81. The molecule has 0 spiro atoms. The molecule has 3 aromatic rings. The summed E-state index contributed by atoms with van der Waals surface area (Å²) in [7, 11) is 2.08. The SMILES string of the molecule is CN1CCC[C@H]1COc1nc(N2CCN(C(=O)/C(F)=C/c3cccc4cccc(Cl)c34)[C@@H](CC#N)C2)c2c(c1C#N)CNCC2. The number of carbonyl (C=O) groups excluding carboxylic acids is 1. The van der Waals surface area contributed by atoms with Gasteiger partial charge in [0.25, 0.3) is 5.91 Å². The topological polar surface area (TPSA) is 109 Å². The number of pyridine rings is 1. The number of likely N-dealkylation sites (N-methyl/N-ethyl adjacent to an activating group) is 1. The van der Waals surface area contributed by atoms with E-state index in [-0.39, 0.29) is 19.0 Å². The van der Waals surface area contributed by atoms with E-state index in [0.29, 0.717) is 65.9 Å². The molecule has 0 radical (unpaired) electrons. The van der Waals surface area contributed by atoms with Gasteiger partial charge in [-0.1, -0.05) is 41.9 Å². The van der Waals surface area contributed by atoms with Crippen LogP contribution in [0.5, 0.6) is 5.88 Å². The number of nitrogens with one attached hydrogen (secondary N) is 1. The van der Waals surface area contributed by atoms with Crippen LogP contribution in [-0.2, 0) is 17.8 Å². The molecular formula is C34H35ClFN7O2. The summed E-state index contributed by atoms with van der Waals surface area (Å²) in [5, 5.41) is 25.1. The van der Waals surface area contributed by atoms with Crippen LogP contribution in [0.3, 0.4) is 0 Å². The summed E-state index contributed by atoms with van der Waals surface area (Å²) in [6.45, 7) is 3.63. The number of likely N-dealkylation sites (tertiary alicyclic amines) is 1. The number of benzene rings is 2. The van der Waals surface area contributed by atoms with Gasteiger partial charge in [0.15, 0.2) is 5.83 Å². The van der Waals surface area contributed by atoms with Crippen molar-refractivity contribution in [1.82, 2.24) is 20.1 Å². The van der Waals surface area contributed by atoms with Crippen LogP contribution < -0.4 is 15.0 Å². The normalized spacial score (nSPS) is 20.5. The lowest BCUT2D eigenvalue weighted by Gasteiger charge is -2.42. The second kappa shape index (κ2) is 13.4. The zero-order chi connectivity index (χ0) is 31.5. The van der Waals surface area contributed by atoms with E-state index in [1.54, 1.807) is 18.2 Å². The standard InChI is InChI=1S/C34H35ClFN7O2/c1-41-14-4-8-25(41)21-45-33-27(18-38)28-19-39-13-11-26(28)32(40-33)42-15-16-43(24(20-42)10-12-37)34(44)30(36)17-23-7-2-5-22-6-3-9-29(35)31(22)23/h2-3,5-7,9,17,24-25,39H,4,8,10-11,13-16,19-21H2,1H3/b30-17-/t24-,25-/m0/s1. The molecule has 0 aliphatic carbocycles. The van der Waals surface area contributed by atoms with Crippen molar-refractivity contribution < 1.29 is 13.9 Å². The Morgan fingerprint density at radius 2 is 2.00 bits per heavy atom. The number of fused-ring (bicyclic) bond motifs is 2. The Balaban J connectivity index is 1.27. The molecule has 1 N–H and O–H groups in total. The van der Waals surface area contributed by atoms with Crippen LogP contribution in [0.15, 0.2) is 42.2 Å². The van der Waals surface area contributed by atoms with Crippen molar-refractivity contribution in [1.29, 1.82) is 10.5 Å². The van der Waals surface area contributed by atoms with Crippen LogP contribution in [0.4, 0.5) is 10.2 Å². The molecule has 3 aliphatic heterocycles. The van der Waals surface area contributed by atoms with E-state index in [0.717, 1.165) is 42.4 Å². The zero-order valence-corrected chi connectivity index (χ0v) is 26.0. The molecule has 45 heavy (non-hydrogen) atoms. The molecule has 6 rings (SSSR count). The van der Waals surface area contributed by atoms with Crippen molar-refractivity contribution in [3.8, 4) is 18.0 Å². The Morgan fingerprint density at radius 1 is 1.18 bits per heavy atom. The number of anilines is 1. The summed E-state index contributed by atoms with van der Waals surface area (Å²) in [5.74, 6) is -0.654. The van der Waals surface area contributed by atoms with Crippen LogP contribution in [0, 0.1) is 22.7 Å². The molecule has 2 fully saturated rings. The smallest absolute Gasteiger partial charge is 0.283 e. The van der Waals surface area contributed by atoms with Gasteiger partial charge in [-0.3, -0.25) is 4.79 Å². The van der Waals surface area contributed by atoms with Gasteiger partial charge in [-0.05, 0) is 68.1 Å². The molecule has 2 aromatic carbocycles. The molecule has 11 heteroatoms. The molecule has 3 aliphatic rings. The molecule has 0 bridgehead atoms. The maximum absolute atomic E-state index is 15.6. The highest BCUT2D eigenvalue weighted by atomic mass is 35.5. The maximum Gasteiger partial charge on any atom is 0.283 e. The number of halogens is 2. The Kier molecular flexibility index (Phi) is 9.18. The monoisotopic (exact) mass is 627 g/mol. The first-order valence-corrected chi connectivity index (χ1v) is 15.7.